The van der Waals surface area contributed by atoms with Crippen molar-refractivity contribution in [3.63, 3.8) is 0 Å². The van der Waals surface area contributed by atoms with Crippen molar-refractivity contribution in [3.05, 3.63) is 35.4 Å². The van der Waals surface area contributed by atoms with Gasteiger partial charge in [-0.1, -0.05) is 13.8 Å². The van der Waals surface area contributed by atoms with E-state index in [-0.39, 0.29) is 0 Å². The summed E-state index contributed by atoms with van der Waals surface area (Å²) < 4.78 is 1.81. The molecule has 0 saturated carbocycles. The van der Waals surface area contributed by atoms with E-state index >= 15 is 0 Å². The van der Waals surface area contributed by atoms with Gasteiger partial charge in [0.25, 0.3) is 0 Å². The summed E-state index contributed by atoms with van der Waals surface area (Å²) >= 11 is 0. The van der Waals surface area contributed by atoms with Gasteiger partial charge >= 0.3 is 0 Å². The fourth-order valence-corrected chi connectivity index (χ4v) is 1.89. The molecule has 0 atom stereocenters. The van der Waals surface area contributed by atoms with Crippen molar-refractivity contribution in [2.45, 2.75) is 33.1 Å². The third-order valence-electron chi connectivity index (χ3n) is 2.92. The Kier molecular flexibility index (Phi) is 4.14. The lowest BCUT2D eigenvalue weighted by atomic mass is 10.1. The van der Waals surface area contributed by atoms with Crippen LogP contribution in [0.4, 0.5) is 5.95 Å². The molecule has 0 aliphatic heterocycles. The minimum atomic E-state index is 0.417. The van der Waals surface area contributed by atoms with Crippen LogP contribution in [0.3, 0.4) is 0 Å². The maximum atomic E-state index is 4.53. The van der Waals surface area contributed by atoms with Crippen molar-refractivity contribution in [3.8, 4) is 0 Å². The monoisotopic (exact) mass is 259 g/mol. The molecule has 0 spiro atoms. The standard InChI is InChI=1S/C14H21N5/c1-10(2)13-7-11(3)17-14(18-13)15-6-5-12-8-16-19(4)9-12/h7-10H,5-6H2,1-4H3,(H,15,17,18). The molecular formula is C14H21N5. The van der Waals surface area contributed by atoms with E-state index in [1.807, 2.05) is 37.1 Å². The Bertz CT molecular complexity index is 545. The number of aromatic nitrogens is 4. The van der Waals surface area contributed by atoms with Gasteiger partial charge in [0.15, 0.2) is 0 Å². The zero-order valence-corrected chi connectivity index (χ0v) is 12.0. The van der Waals surface area contributed by atoms with E-state index in [1.165, 1.54) is 5.56 Å². The fraction of sp³-hybridized carbons (Fsp3) is 0.500. The molecule has 2 aromatic rings. The lowest BCUT2D eigenvalue weighted by Gasteiger charge is -2.09. The van der Waals surface area contributed by atoms with Gasteiger partial charge in [-0.25, -0.2) is 9.97 Å². The van der Waals surface area contributed by atoms with Crippen LogP contribution in [0.5, 0.6) is 0 Å². The minimum Gasteiger partial charge on any atom is -0.354 e. The maximum absolute atomic E-state index is 4.53. The van der Waals surface area contributed by atoms with Crippen LogP contribution in [0.2, 0.25) is 0 Å². The highest BCUT2D eigenvalue weighted by Crippen LogP contribution is 2.14. The summed E-state index contributed by atoms with van der Waals surface area (Å²) in [5, 5.41) is 7.43. The molecule has 5 heteroatoms. The molecule has 0 aromatic carbocycles. The number of aryl methyl sites for hydroxylation is 2. The second kappa shape index (κ2) is 5.82. The number of nitrogens with zero attached hydrogens (tertiary/aromatic N) is 4. The SMILES string of the molecule is Cc1cc(C(C)C)nc(NCCc2cnn(C)c2)n1. The first-order chi connectivity index (χ1) is 9.04. The summed E-state index contributed by atoms with van der Waals surface area (Å²) in [6.45, 7) is 7.09. The first-order valence-corrected chi connectivity index (χ1v) is 6.61. The molecular weight excluding hydrogens is 238 g/mol. The lowest BCUT2D eigenvalue weighted by Crippen LogP contribution is -2.10. The van der Waals surface area contributed by atoms with Crippen LogP contribution in [0.25, 0.3) is 0 Å². The van der Waals surface area contributed by atoms with Gasteiger partial charge in [0, 0.05) is 31.2 Å². The van der Waals surface area contributed by atoms with Crippen LogP contribution >= 0.6 is 0 Å². The van der Waals surface area contributed by atoms with Gasteiger partial charge < -0.3 is 5.32 Å². The highest BCUT2D eigenvalue weighted by atomic mass is 15.2. The predicted octanol–water partition coefficient (Wildman–Crippen LogP) is 2.30. The summed E-state index contributed by atoms with van der Waals surface area (Å²) in [4.78, 5) is 8.94. The van der Waals surface area contributed by atoms with Crippen LogP contribution in [-0.2, 0) is 13.5 Å². The van der Waals surface area contributed by atoms with Crippen LogP contribution in [-0.4, -0.2) is 26.3 Å². The highest BCUT2D eigenvalue weighted by Gasteiger charge is 2.05. The Labute approximate surface area is 114 Å². The molecule has 0 unspecified atom stereocenters. The van der Waals surface area contributed by atoms with E-state index in [9.17, 15) is 0 Å². The second-order valence-corrected chi connectivity index (χ2v) is 5.11. The van der Waals surface area contributed by atoms with Crippen molar-refractivity contribution in [2.24, 2.45) is 7.05 Å². The Morgan fingerprint density at radius 2 is 2.11 bits per heavy atom. The van der Waals surface area contributed by atoms with Crippen molar-refractivity contribution in [1.82, 2.24) is 19.7 Å². The first-order valence-electron chi connectivity index (χ1n) is 6.61. The lowest BCUT2D eigenvalue weighted by molar-refractivity contribution is 0.766. The Morgan fingerprint density at radius 3 is 2.74 bits per heavy atom. The molecule has 1 N–H and O–H groups in total. The molecule has 2 heterocycles. The fourth-order valence-electron chi connectivity index (χ4n) is 1.89. The van der Waals surface area contributed by atoms with E-state index in [2.05, 4.69) is 34.2 Å². The summed E-state index contributed by atoms with van der Waals surface area (Å²) in [5.41, 5.74) is 3.30. The first kappa shape index (κ1) is 13.5. The molecule has 0 bridgehead atoms. The molecule has 0 aliphatic rings. The molecule has 0 aliphatic carbocycles. The van der Waals surface area contributed by atoms with Crippen molar-refractivity contribution in [1.29, 1.82) is 0 Å². The van der Waals surface area contributed by atoms with Gasteiger partial charge in [0.1, 0.15) is 0 Å². The second-order valence-electron chi connectivity index (χ2n) is 5.11. The van der Waals surface area contributed by atoms with Crippen molar-refractivity contribution in [2.75, 3.05) is 11.9 Å². The summed E-state index contributed by atoms with van der Waals surface area (Å²) in [5.74, 6) is 1.13. The molecule has 0 radical (unpaired) electrons. The van der Waals surface area contributed by atoms with E-state index in [0.717, 1.165) is 24.4 Å². The zero-order valence-electron chi connectivity index (χ0n) is 12.0. The average Bonchev–Trinajstić information content (AvgIpc) is 2.74. The molecule has 19 heavy (non-hydrogen) atoms. The maximum Gasteiger partial charge on any atom is 0.223 e. The van der Waals surface area contributed by atoms with Crippen LogP contribution < -0.4 is 5.32 Å². The largest absolute Gasteiger partial charge is 0.354 e. The normalized spacial score (nSPS) is 11.0. The van der Waals surface area contributed by atoms with Gasteiger partial charge in [-0.2, -0.15) is 5.10 Å². The third kappa shape index (κ3) is 3.77. The number of nitrogens with one attached hydrogen (secondary N) is 1. The Morgan fingerprint density at radius 1 is 1.32 bits per heavy atom. The Hall–Kier alpha value is -1.91. The van der Waals surface area contributed by atoms with Gasteiger partial charge in [-0.3, -0.25) is 4.68 Å². The van der Waals surface area contributed by atoms with E-state index < -0.39 is 0 Å². The zero-order chi connectivity index (χ0) is 13.8. The minimum absolute atomic E-state index is 0.417. The number of anilines is 1. The van der Waals surface area contributed by atoms with Crippen LogP contribution in [0.15, 0.2) is 18.5 Å². The number of hydrogen-bond acceptors (Lipinski definition) is 4. The molecule has 5 nitrogen and oxygen atoms in total. The quantitative estimate of drug-likeness (QED) is 0.895. The summed E-state index contributed by atoms with van der Waals surface area (Å²) in [6.07, 6.45) is 4.83. The smallest absolute Gasteiger partial charge is 0.223 e. The van der Waals surface area contributed by atoms with Crippen LogP contribution in [0.1, 0.15) is 36.7 Å². The molecule has 2 rings (SSSR count). The number of hydrogen-bond donors (Lipinski definition) is 1. The number of rotatable bonds is 5. The van der Waals surface area contributed by atoms with Gasteiger partial charge in [0.2, 0.25) is 5.95 Å². The van der Waals surface area contributed by atoms with E-state index in [0.29, 0.717) is 11.9 Å². The topological polar surface area (TPSA) is 55.6 Å². The molecule has 102 valence electrons. The average molecular weight is 259 g/mol. The molecule has 0 saturated heterocycles. The van der Waals surface area contributed by atoms with Gasteiger partial charge in [-0.05, 0) is 30.9 Å². The van der Waals surface area contributed by atoms with Gasteiger partial charge in [0.05, 0.1) is 6.20 Å². The van der Waals surface area contributed by atoms with E-state index in [1.54, 1.807) is 0 Å². The third-order valence-corrected chi connectivity index (χ3v) is 2.92. The highest BCUT2D eigenvalue weighted by molar-refractivity contribution is 5.29. The molecule has 0 fully saturated rings. The molecule has 0 amide bonds. The Balaban J connectivity index is 1.95. The summed E-state index contributed by atoms with van der Waals surface area (Å²) in [7, 11) is 1.93. The molecule has 2 aromatic heterocycles. The van der Waals surface area contributed by atoms with Crippen molar-refractivity contribution >= 4 is 5.95 Å². The summed E-state index contributed by atoms with van der Waals surface area (Å²) in [6, 6.07) is 2.04. The van der Waals surface area contributed by atoms with E-state index in [4.69, 9.17) is 0 Å². The van der Waals surface area contributed by atoms with Crippen molar-refractivity contribution < 1.29 is 0 Å². The predicted molar refractivity (Wildman–Crippen MR) is 76.3 cm³/mol. The van der Waals surface area contributed by atoms with Crippen LogP contribution in [0, 0.1) is 6.92 Å². The van der Waals surface area contributed by atoms with Gasteiger partial charge in [-0.15, -0.1) is 0 Å².